The fourth-order valence-electron chi connectivity index (χ4n) is 1.62. The second-order valence-corrected chi connectivity index (χ2v) is 4.86. The zero-order valence-corrected chi connectivity index (χ0v) is 10.8. The Morgan fingerprint density at radius 2 is 2.05 bits per heavy atom. The minimum atomic E-state index is -0.696. The average molecular weight is 279 g/mol. The summed E-state index contributed by atoms with van der Waals surface area (Å²) in [5, 5.41) is 14.4. The van der Waals surface area contributed by atoms with Gasteiger partial charge in [-0.2, -0.15) is 5.26 Å². The van der Waals surface area contributed by atoms with Crippen LogP contribution < -0.4 is 5.32 Å². The van der Waals surface area contributed by atoms with Gasteiger partial charge in [0.15, 0.2) is 0 Å². The maximum atomic E-state index is 13.6. The third kappa shape index (κ3) is 3.56. The van der Waals surface area contributed by atoms with Crippen LogP contribution in [-0.4, -0.2) is 11.5 Å². The smallest absolute Gasteiger partial charge is 0.131 e. The van der Waals surface area contributed by atoms with Crippen molar-refractivity contribution in [2.75, 3.05) is 6.54 Å². The Balaban J connectivity index is 1.91. The minimum absolute atomic E-state index is 0.0125. The van der Waals surface area contributed by atoms with Gasteiger partial charge in [0.1, 0.15) is 11.6 Å². The number of benzene rings is 1. The summed E-state index contributed by atoms with van der Waals surface area (Å²) in [4.78, 5) is 4.11. The number of nitriles is 1. The Hall–Kier alpha value is -1.84. The van der Waals surface area contributed by atoms with Crippen LogP contribution in [0.3, 0.4) is 0 Å². The third-order valence-corrected chi connectivity index (χ3v) is 3.41. The topological polar surface area (TPSA) is 48.7 Å². The summed E-state index contributed by atoms with van der Waals surface area (Å²) in [5.41, 5.74) is -0.0559. The van der Waals surface area contributed by atoms with Crippen molar-refractivity contribution in [1.82, 2.24) is 10.3 Å². The van der Waals surface area contributed by atoms with Crippen LogP contribution in [0.15, 0.2) is 23.7 Å². The minimum Gasteiger partial charge on any atom is -0.312 e. The highest BCUT2D eigenvalue weighted by molar-refractivity contribution is 7.09. The molecular weight excluding hydrogens is 268 g/mol. The van der Waals surface area contributed by atoms with Crippen molar-refractivity contribution in [3.8, 4) is 6.07 Å². The summed E-state index contributed by atoms with van der Waals surface area (Å²) < 4.78 is 27.1. The van der Waals surface area contributed by atoms with Gasteiger partial charge in [-0.1, -0.05) is 0 Å². The molecule has 0 bridgehead atoms. The number of hydrogen-bond donors (Lipinski definition) is 1. The molecule has 3 nitrogen and oxygen atoms in total. The summed E-state index contributed by atoms with van der Waals surface area (Å²) in [6.07, 6.45) is 2.44. The van der Waals surface area contributed by atoms with E-state index < -0.39 is 11.6 Å². The Kier molecular flexibility index (Phi) is 4.55. The lowest BCUT2D eigenvalue weighted by Crippen LogP contribution is -2.18. The number of halogens is 2. The molecule has 0 radical (unpaired) electrons. The quantitative estimate of drug-likeness (QED) is 0.856. The first-order chi connectivity index (χ1) is 9.20. The van der Waals surface area contributed by atoms with Crippen LogP contribution in [0.4, 0.5) is 8.78 Å². The van der Waals surface area contributed by atoms with Crippen LogP contribution in [0.2, 0.25) is 0 Å². The van der Waals surface area contributed by atoms with E-state index in [2.05, 4.69) is 10.3 Å². The summed E-state index contributed by atoms with van der Waals surface area (Å²) >= 11 is 1.55. The number of aromatic nitrogens is 1. The molecule has 6 heteroatoms. The normalized spacial score (nSPS) is 10.4. The van der Waals surface area contributed by atoms with Crippen molar-refractivity contribution in [2.24, 2.45) is 0 Å². The van der Waals surface area contributed by atoms with Crippen LogP contribution in [0.25, 0.3) is 0 Å². The SMILES string of the molecule is N#Cc1cc(F)c(CNCCc2nccs2)c(F)c1. The highest BCUT2D eigenvalue weighted by Gasteiger charge is 2.10. The van der Waals surface area contributed by atoms with Crippen LogP contribution in [-0.2, 0) is 13.0 Å². The van der Waals surface area contributed by atoms with Crippen LogP contribution in [0.1, 0.15) is 16.1 Å². The van der Waals surface area contributed by atoms with Crippen molar-refractivity contribution in [1.29, 1.82) is 5.26 Å². The molecule has 0 unspecified atom stereocenters. The number of hydrogen-bond acceptors (Lipinski definition) is 4. The van der Waals surface area contributed by atoms with Gasteiger partial charge in [-0.15, -0.1) is 11.3 Å². The Labute approximate surface area is 113 Å². The Morgan fingerprint density at radius 1 is 1.32 bits per heavy atom. The van der Waals surface area contributed by atoms with Crippen molar-refractivity contribution < 1.29 is 8.78 Å². The molecule has 1 aromatic carbocycles. The predicted octanol–water partition coefficient (Wildman–Crippen LogP) is 2.63. The molecule has 98 valence electrons. The molecule has 0 aliphatic rings. The molecule has 0 amide bonds. The lowest BCUT2D eigenvalue weighted by atomic mass is 10.1. The van der Waals surface area contributed by atoms with Crippen molar-refractivity contribution >= 4 is 11.3 Å². The van der Waals surface area contributed by atoms with E-state index in [1.165, 1.54) is 0 Å². The van der Waals surface area contributed by atoms with Crippen molar-refractivity contribution in [3.05, 3.63) is 51.5 Å². The molecule has 2 rings (SSSR count). The first kappa shape index (κ1) is 13.6. The van der Waals surface area contributed by atoms with Crippen LogP contribution in [0, 0.1) is 23.0 Å². The molecule has 0 spiro atoms. The van der Waals surface area contributed by atoms with Gasteiger partial charge in [-0.25, -0.2) is 13.8 Å². The molecule has 0 saturated heterocycles. The molecule has 0 aliphatic carbocycles. The van der Waals surface area contributed by atoms with E-state index in [-0.39, 0.29) is 17.7 Å². The fourth-order valence-corrected chi connectivity index (χ4v) is 2.24. The molecule has 2 aromatic rings. The lowest BCUT2D eigenvalue weighted by Gasteiger charge is -2.07. The van der Waals surface area contributed by atoms with Crippen LogP contribution in [0.5, 0.6) is 0 Å². The van der Waals surface area contributed by atoms with E-state index >= 15 is 0 Å². The van der Waals surface area contributed by atoms with E-state index in [1.807, 2.05) is 5.38 Å². The van der Waals surface area contributed by atoms with Gasteiger partial charge in [0.25, 0.3) is 0 Å². The van der Waals surface area contributed by atoms with Gasteiger partial charge in [-0.05, 0) is 12.1 Å². The molecule has 1 N–H and O–H groups in total. The van der Waals surface area contributed by atoms with E-state index in [0.717, 1.165) is 23.6 Å². The first-order valence-electron chi connectivity index (χ1n) is 5.68. The summed E-state index contributed by atoms with van der Waals surface area (Å²) in [6, 6.07) is 3.80. The van der Waals surface area contributed by atoms with Gasteiger partial charge in [0.05, 0.1) is 16.6 Å². The summed E-state index contributed by atoms with van der Waals surface area (Å²) in [6.45, 7) is 0.682. The maximum absolute atomic E-state index is 13.6. The molecule has 0 fully saturated rings. The van der Waals surface area contributed by atoms with E-state index in [4.69, 9.17) is 5.26 Å². The predicted molar refractivity (Wildman–Crippen MR) is 68.6 cm³/mol. The molecule has 0 atom stereocenters. The first-order valence-corrected chi connectivity index (χ1v) is 6.56. The highest BCUT2D eigenvalue weighted by Crippen LogP contribution is 2.15. The second kappa shape index (κ2) is 6.36. The van der Waals surface area contributed by atoms with Gasteiger partial charge in [0.2, 0.25) is 0 Å². The third-order valence-electron chi connectivity index (χ3n) is 2.57. The van der Waals surface area contributed by atoms with Gasteiger partial charge >= 0.3 is 0 Å². The number of nitrogens with zero attached hydrogens (tertiary/aromatic N) is 2. The summed E-state index contributed by atoms with van der Waals surface area (Å²) in [7, 11) is 0. The van der Waals surface area contributed by atoms with Gasteiger partial charge in [0, 0.05) is 36.7 Å². The van der Waals surface area contributed by atoms with Gasteiger partial charge < -0.3 is 5.32 Å². The molecule has 1 heterocycles. The fraction of sp³-hybridized carbons (Fsp3) is 0.231. The number of rotatable bonds is 5. The average Bonchev–Trinajstić information content (AvgIpc) is 2.89. The van der Waals surface area contributed by atoms with E-state index in [0.29, 0.717) is 6.54 Å². The molecule has 0 saturated carbocycles. The van der Waals surface area contributed by atoms with Crippen molar-refractivity contribution in [3.63, 3.8) is 0 Å². The monoisotopic (exact) mass is 279 g/mol. The largest absolute Gasteiger partial charge is 0.312 e. The van der Waals surface area contributed by atoms with E-state index in [9.17, 15) is 8.78 Å². The maximum Gasteiger partial charge on any atom is 0.131 e. The molecule has 1 aromatic heterocycles. The Morgan fingerprint density at radius 3 is 2.63 bits per heavy atom. The molecule has 19 heavy (non-hydrogen) atoms. The standard InChI is InChI=1S/C13H11F2N3S/c14-11-5-9(7-16)6-12(15)10(11)8-17-2-1-13-18-3-4-19-13/h3-6,17H,1-2,8H2. The lowest BCUT2D eigenvalue weighted by molar-refractivity contribution is 0.535. The number of nitrogens with one attached hydrogen (secondary N) is 1. The zero-order chi connectivity index (χ0) is 13.7. The zero-order valence-electron chi connectivity index (χ0n) is 9.99. The summed E-state index contributed by atoms with van der Waals surface area (Å²) in [5.74, 6) is -1.39. The van der Waals surface area contributed by atoms with Gasteiger partial charge in [-0.3, -0.25) is 0 Å². The van der Waals surface area contributed by atoms with Crippen molar-refractivity contribution in [2.45, 2.75) is 13.0 Å². The van der Waals surface area contributed by atoms with Crippen LogP contribution >= 0.6 is 11.3 Å². The molecule has 0 aliphatic heterocycles. The highest BCUT2D eigenvalue weighted by atomic mass is 32.1. The Bertz CT molecular complexity index is 567. The number of thiazole rings is 1. The second-order valence-electron chi connectivity index (χ2n) is 3.88. The molecular formula is C13H11F2N3S. The van der Waals surface area contributed by atoms with E-state index in [1.54, 1.807) is 23.6 Å².